The minimum atomic E-state index is 0.305. The number of benzene rings is 1. The maximum absolute atomic E-state index is 8.65. The number of hydrogen-bond acceptors (Lipinski definition) is 3. The molecule has 0 heterocycles. The van der Waals surface area contributed by atoms with Crippen molar-refractivity contribution in [3.63, 3.8) is 0 Å². The molecule has 17 heavy (non-hydrogen) atoms. The Morgan fingerprint density at radius 2 is 2.00 bits per heavy atom. The first kappa shape index (κ1) is 14.2. The zero-order chi connectivity index (χ0) is 12.3. The number of hydrogen-bond donors (Lipinski definition) is 2. The highest BCUT2D eigenvalue weighted by Gasteiger charge is 1.96. The smallest absolute Gasteiger partial charge is 0.0713 e. The lowest BCUT2D eigenvalue weighted by molar-refractivity contribution is 0.185. The summed E-state index contributed by atoms with van der Waals surface area (Å²) >= 11 is 0. The number of aliphatic hydroxyl groups excluding tert-OH is 1. The molecule has 0 aliphatic rings. The van der Waals surface area contributed by atoms with Gasteiger partial charge in [-0.25, -0.2) is 0 Å². The Morgan fingerprint density at radius 1 is 1.18 bits per heavy atom. The molecule has 1 aromatic rings. The standard InChI is InChI=1S/C14H23NO2/c1-17-12-14-7-5-6-13(10-14)11-15-8-3-2-4-9-16/h5-7,10,15-16H,2-4,8-9,11-12H2,1H3. The fraction of sp³-hybridized carbons (Fsp3) is 0.571. The summed E-state index contributed by atoms with van der Waals surface area (Å²) in [4.78, 5) is 0. The highest BCUT2D eigenvalue weighted by molar-refractivity contribution is 5.22. The van der Waals surface area contributed by atoms with Crippen molar-refractivity contribution in [1.29, 1.82) is 0 Å². The van der Waals surface area contributed by atoms with Crippen LogP contribution in [-0.2, 0) is 17.9 Å². The van der Waals surface area contributed by atoms with Gasteiger partial charge in [0.25, 0.3) is 0 Å². The summed E-state index contributed by atoms with van der Waals surface area (Å²) in [7, 11) is 1.71. The number of ether oxygens (including phenoxy) is 1. The molecule has 0 amide bonds. The summed E-state index contributed by atoms with van der Waals surface area (Å²) in [5, 5.41) is 12.1. The van der Waals surface area contributed by atoms with Gasteiger partial charge in [0.05, 0.1) is 6.61 Å². The molecule has 0 aliphatic carbocycles. The van der Waals surface area contributed by atoms with Crippen LogP contribution in [0.1, 0.15) is 30.4 Å². The highest BCUT2D eigenvalue weighted by atomic mass is 16.5. The second-order valence-electron chi connectivity index (χ2n) is 4.21. The van der Waals surface area contributed by atoms with Crippen LogP contribution in [0.4, 0.5) is 0 Å². The first-order valence-corrected chi connectivity index (χ1v) is 6.25. The van der Waals surface area contributed by atoms with Gasteiger partial charge in [0.15, 0.2) is 0 Å². The van der Waals surface area contributed by atoms with E-state index in [0.717, 1.165) is 32.4 Å². The third kappa shape index (κ3) is 6.41. The third-order valence-corrected chi connectivity index (χ3v) is 2.64. The summed E-state index contributed by atoms with van der Waals surface area (Å²) in [6.45, 7) is 2.88. The molecule has 3 nitrogen and oxygen atoms in total. The van der Waals surface area contributed by atoms with Crippen molar-refractivity contribution in [3.05, 3.63) is 35.4 Å². The van der Waals surface area contributed by atoms with Gasteiger partial charge in [-0.3, -0.25) is 0 Å². The minimum Gasteiger partial charge on any atom is -0.396 e. The Balaban J connectivity index is 2.19. The van der Waals surface area contributed by atoms with Gasteiger partial charge in [0.1, 0.15) is 0 Å². The molecule has 3 heteroatoms. The molecule has 0 radical (unpaired) electrons. The highest BCUT2D eigenvalue weighted by Crippen LogP contribution is 2.06. The van der Waals surface area contributed by atoms with E-state index in [2.05, 4.69) is 29.6 Å². The topological polar surface area (TPSA) is 41.5 Å². The van der Waals surface area contributed by atoms with Crippen LogP contribution in [0.5, 0.6) is 0 Å². The molecule has 1 rings (SSSR count). The Bertz CT molecular complexity index is 302. The van der Waals surface area contributed by atoms with Crippen LogP contribution < -0.4 is 5.32 Å². The van der Waals surface area contributed by atoms with E-state index in [1.807, 2.05) is 0 Å². The molecule has 0 saturated carbocycles. The van der Waals surface area contributed by atoms with Crippen molar-refractivity contribution in [1.82, 2.24) is 5.32 Å². The second kappa shape index (κ2) is 9.16. The van der Waals surface area contributed by atoms with Gasteiger partial charge in [-0.15, -0.1) is 0 Å². The van der Waals surface area contributed by atoms with Crippen LogP contribution >= 0.6 is 0 Å². The molecular weight excluding hydrogens is 214 g/mol. The molecule has 0 atom stereocenters. The molecule has 0 unspecified atom stereocenters. The predicted octanol–water partition coefficient (Wildman–Crippen LogP) is 2.09. The minimum absolute atomic E-state index is 0.305. The second-order valence-corrected chi connectivity index (χ2v) is 4.21. The number of aliphatic hydroxyl groups is 1. The molecule has 96 valence electrons. The van der Waals surface area contributed by atoms with Crippen molar-refractivity contribution >= 4 is 0 Å². The van der Waals surface area contributed by atoms with Crippen molar-refractivity contribution in [2.45, 2.75) is 32.4 Å². The van der Waals surface area contributed by atoms with Crippen LogP contribution in [0, 0.1) is 0 Å². The summed E-state index contributed by atoms with van der Waals surface area (Å²) in [5.74, 6) is 0. The average Bonchev–Trinajstić information content (AvgIpc) is 2.35. The predicted molar refractivity (Wildman–Crippen MR) is 69.8 cm³/mol. The summed E-state index contributed by atoms with van der Waals surface area (Å²) in [6, 6.07) is 8.44. The van der Waals surface area contributed by atoms with Crippen LogP contribution in [0.3, 0.4) is 0 Å². The fourth-order valence-corrected chi connectivity index (χ4v) is 1.77. The van der Waals surface area contributed by atoms with Crippen molar-refractivity contribution in [2.24, 2.45) is 0 Å². The van der Waals surface area contributed by atoms with Gasteiger partial charge < -0.3 is 15.2 Å². The van der Waals surface area contributed by atoms with Crippen molar-refractivity contribution in [2.75, 3.05) is 20.3 Å². The quantitative estimate of drug-likeness (QED) is 0.646. The molecule has 0 saturated heterocycles. The molecular formula is C14H23NO2. The van der Waals surface area contributed by atoms with E-state index in [4.69, 9.17) is 9.84 Å². The van der Waals surface area contributed by atoms with Crippen LogP contribution in [0.2, 0.25) is 0 Å². The van der Waals surface area contributed by atoms with Crippen LogP contribution in [0.25, 0.3) is 0 Å². The van der Waals surface area contributed by atoms with E-state index in [0.29, 0.717) is 13.2 Å². The first-order valence-electron chi connectivity index (χ1n) is 6.25. The van der Waals surface area contributed by atoms with Gasteiger partial charge >= 0.3 is 0 Å². The van der Waals surface area contributed by atoms with E-state index in [1.54, 1.807) is 7.11 Å². The van der Waals surface area contributed by atoms with Gasteiger partial charge in [-0.1, -0.05) is 24.3 Å². The number of nitrogens with one attached hydrogen (secondary N) is 1. The number of unbranched alkanes of at least 4 members (excludes halogenated alkanes) is 2. The Morgan fingerprint density at radius 3 is 2.76 bits per heavy atom. The maximum Gasteiger partial charge on any atom is 0.0713 e. The van der Waals surface area contributed by atoms with Gasteiger partial charge in [-0.05, 0) is 36.9 Å². The van der Waals surface area contributed by atoms with Crippen molar-refractivity contribution in [3.8, 4) is 0 Å². The lowest BCUT2D eigenvalue weighted by Gasteiger charge is -2.06. The molecule has 0 fully saturated rings. The maximum atomic E-state index is 8.65. The molecule has 1 aromatic carbocycles. The van der Waals surface area contributed by atoms with Crippen molar-refractivity contribution < 1.29 is 9.84 Å². The van der Waals surface area contributed by atoms with E-state index in [1.165, 1.54) is 11.1 Å². The van der Waals surface area contributed by atoms with E-state index in [-0.39, 0.29) is 0 Å². The summed E-state index contributed by atoms with van der Waals surface area (Å²) in [6.07, 6.45) is 3.12. The SMILES string of the molecule is COCc1cccc(CNCCCCCO)c1. The third-order valence-electron chi connectivity index (χ3n) is 2.64. The molecule has 0 bridgehead atoms. The van der Waals surface area contributed by atoms with E-state index < -0.39 is 0 Å². The Hall–Kier alpha value is -0.900. The lowest BCUT2D eigenvalue weighted by atomic mass is 10.1. The monoisotopic (exact) mass is 237 g/mol. The van der Waals surface area contributed by atoms with Gasteiger partial charge in [0.2, 0.25) is 0 Å². The fourth-order valence-electron chi connectivity index (χ4n) is 1.77. The van der Waals surface area contributed by atoms with E-state index in [9.17, 15) is 0 Å². The molecule has 0 aliphatic heterocycles. The normalized spacial score (nSPS) is 10.7. The van der Waals surface area contributed by atoms with Gasteiger partial charge in [0, 0.05) is 20.3 Å². The summed E-state index contributed by atoms with van der Waals surface area (Å²) < 4.78 is 5.11. The number of methoxy groups -OCH3 is 1. The average molecular weight is 237 g/mol. The van der Waals surface area contributed by atoms with Gasteiger partial charge in [-0.2, -0.15) is 0 Å². The zero-order valence-corrected chi connectivity index (χ0v) is 10.6. The lowest BCUT2D eigenvalue weighted by Crippen LogP contribution is -2.14. The molecule has 2 N–H and O–H groups in total. The Labute approximate surface area is 104 Å². The van der Waals surface area contributed by atoms with Crippen LogP contribution in [0.15, 0.2) is 24.3 Å². The largest absolute Gasteiger partial charge is 0.396 e. The first-order chi connectivity index (χ1) is 8.36. The van der Waals surface area contributed by atoms with Crippen LogP contribution in [-0.4, -0.2) is 25.4 Å². The van der Waals surface area contributed by atoms with E-state index >= 15 is 0 Å². The zero-order valence-electron chi connectivity index (χ0n) is 10.6. The summed E-state index contributed by atoms with van der Waals surface area (Å²) in [5.41, 5.74) is 2.51. The molecule has 0 spiro atoms. The Kier molecular flexibility index (Phi) is 7.63. The number of rotatable bonds is 9. The molecule has 0 aromatic heterocycles.